The maximum atomic E-state index is 11.8. The van der Waals surface area contributed by atoms with Crippen LogP contribution in [-0.2, 0) is 4.79 Å². The number of non-ortho nitro benzene ring substituents is 1. The van der Waals surface area contributed by atoms with Gasteiger partial charge >= 0.3 is 0 Å². The predicted molar refractivity (Wildman–Crippen MR) is 78.2 cm³/mol. The molecule has 96 valence electrons. The lowest BCUT2D eigenvalue weighted by molar-refractivity contribution is -0.385. The van der Waals surface area contributed by atoms with Gasteiger partial charge in [0.15, 0.2) is 0 Å². The highest BCUT2D eigenvalue weighted by atomic mass is 79.9. The van der Waals surface area contributed by atoms with Gasteiger partial charge in [0.2, 0.25) is 5.91 Å². The van der Waals surface area contributed by atoms with Gasteiger partial charge < -0.3 is 4.90 Å². The van der Waals surface area contributed by atoms with Crippen molar-refractivity contribution in [2.75, 3.05) is 11.4 Å². The van der Waals surface area contributed by atoms with Gasteiger partial charge in [-0.15, -0.1) is 0 Å². The largest absolute Gasteiger partial charge is 0.309 e. The Balaban J connectivity index is 2.46. The fourth-order valence-corrected chi connectivity index (χ4v) is 3.73. The molecule has 1 unspecified atom stereocenters. The lowest BCUT2D eigenvalue weighted by Gasteiger charge is -2.19. The average molecular weight is 396 g/mol. The van der Waals surface area contributed by atoms with Gasteiger partial charge in [0.05, 0.1) is 10.6 Å². The van der Waals surface area contributed by atoms with E-state index < -0.39 is 4.92 Å². The second-order valence-corrected chi connectivity index (χ2v) is 6.32. The summed E-state index contributed by atoms with van der Waals surface area (Å²) >= 11 is 10.8. The van der Waals surface area contributed by atoms with E-state index in [9.17, 15) is 14.9 Å². The first-order chi connectivity index (χ1) is 8.40. The lowest BCUT2D eigenvalue weighted by Crippen LogP contribution is -2.25. The van der Waals surface area contributed by atoms with Gasteiger partial charge in [-0.3, -0.25) is 14.9 Å². The molecule has 18 heavy (non-hydrogen) atoms. The van der Waals surface area contributed by atoms with Crippen molar-refractivity contribution in [2.24, 2.45) is 0 Å². The molecule has 8 heteroatoms. The zero-order valence-corrected chi connectivity index (χ0v) is 13.0. The number of carbonyl (C=O) groups is 1. The van der Waals surface area contributed by atoms with E-state index in [0.29, 0.717) is 27.6 Å². The number of benzene rings is 1. The summed E-state index contributed by atoms with van der Waals surface area (Å²) in [6.45, 7) is 0.497. The third-order valence-corrected chi connectivity index (χ3v) is 4.14. The van der Waals surface area contributed by atoms with Gasteiger partial charge in [-0.2, -0.15) is 12.6 Å². The normalized spacial score (nSPS) is 19.4. The van der Waals surface area contributed by atoms with E-state index in [1.807, 2.05) is 0 Å². The fraction of sp³-hybridized carbons (Fsp3) is 0.300. The van der Waals surface area contributed by atoms with Crippen LogP contribution in [0.3, 0.4) is 0 Å². The average Bonchev–Trinajstić information content (AvgIpc) is 2.56. The Hall–Kier alpha value is -0.600. The van der Waals surface area contributed by atoms with Crippen LogP contribution >= 0.6 is 44.5 Å². The van der Waals surface area contributed by atoms with E-state index in [1.54, 1.807) is 4.90 Å². The summed E-state index contributed by atoms with van der Waals surface area (Å²) in [7, 11) is 0. The van der Waals surface area contributed by atoms with E-state index in [1.165, 1.54) is 12.1 Å². The van der Waals surface area contributed by atoms with Crippen LogP contribution in [0.4, 0.5) is 11.4 Å². The van der Waals surface area contributed by atoms with Crippen molar-refractivity contribution >= 4 is 61.8 Å². The lowest BCUT2D eigenvalue weighted by atomic mass is 10.2. The summed E-state index contributed by atoms with van der Waals surface area (Å²) in [5, 5.41) is 10.7. The SMILES string of the molecule is O=C1CC(S)CN1c1c(Br)cc([N+](=O)[O-])cc1Br. The van der Waals surface area contributed by atoms with E-state index in [2.05, 4.69) is 44.5 Å². The standard InChI is InChI=1S/C10H8Br2N2O3S/c11-7-1-5(14(16)17)2-8(12)10(7)13-4-6(18)3-9(13)15/h1-2,6,18H,3-4H2. The van der Waals surface area contributed by atoms with Crippen LogP contribution < -0.4 is 4.90 Å². The summed E-state index contributed by atoms with van der Waals surface area (Å²) in [5.41, 5.74) is 0.578. The number of halogens is 2. The Morgan fingerprint density at radius 2 is 1.94 bits per heavy atom. The molecule has 0 N–H and O–H groups in total. The minimum absolute atomic E-state index is 0.00788. The molecule has 1 amide bonds. The van der Waals surface area contributed by atoms with Crippen molar-refractivity contribution in [1.82, 2.24) is 0 Å². The van der Waals surface area contributed by atoms with Crippen LogP contribution in [-0.4, -0.2) is 22.6 Å². The quantitative estimate of drug-likeness (QED) is 0.475. The Morgan fingerprint density at radius 1 is 1.39 bits per heavy atom. The first kappa shape index (κ1) is 13.8. The molecule has 0 radical (unpaired) electrons. The van der Waals surface area contributed by atoms with Gasteiger partial charge in [0.1, 0.15) is 0 Å². The molecule has 0 aromatic heterocycles. The van der Waals surface area contributed by atoms with Crippen molar-refractivity contribution in [3.05, 3.63) is 31.2 Å². The minimum Gasteiger partial charge on any atom is -0.309 e. The molecule has 1 aromatic carbocycles. The van der Waals surface area contributed by atoms with Gasteiger partial charge in [-0.25, -0.2) is 0 Å². The summed E-state index contributed by atoms with van der Waals surface area (Å²) in [5.74, 6) is -0.0368. The number of anilines is 1. The van der Waals surface area contributed by atoms with Crippen molar-refractivity contribution in [3.8, 4) is 0 Å². The molecule has 0 spiro atoms. The third kappa shape index (κ3) is 2.55. The fourth-order valence-electron chi connectivity index (χ4n) is 1.82. The van der Waals surface area contributed by atoms with E-state index in [4.69, 9.17) is 0 Å². The second kappa shape index (κ2) is 5.18. The summed E-state index contributed by atoms with van der Waals surface area (Å²) < 4.78 is 1.03. The molecule has 1 aromatic rings. The molecule has 1 aliphatic rings. The monoisotopic (exact) mass is 394 g/mol. The zero-order valence-electron chi connectivity index (χ0n) is 8.97. The van der Waals surface area contributed by atoms with E-state index in [-0.39, 0.29) is 16.8 Å². The first-order valence-electron chi connectivity index (χ1n) is 5.02. The van der Waals surface area contributed by atoms with Crippen molar-refractivity contribution in [2.45, 2.75) is 11.7 Å². The number of hydrogen-bond donors (Lipinski definition) is 1. The number of carbonyl (C=O) groups excluding carboxylic acids is 1. The zero-order chi connectivity index (χ0) is 13.4. The molecular formula is C10H8Br2N2O3S. The topological polar surface area (TPSA) is 63.5 Å². The maximum absolute atomic E-state index is 11.8. The Labute approximate surface area is 125 Å². The van der Waals surface area contributed by atoms with Gasteiger partial charge in [0.25, 0.3) is 5.69 Å². The number of rotatable bonds is 2. The molecule has 1 fully saturated rings. The summed E-state index contributed by atoms with van der Waals surface area (Å²) in [6, 6.07) is 2.78. The van der Waals surface area contributed by atoms with Crippen molar-refractivity contribution in [1.29, 1.82) is 0 Å². The van der Waals surface area contributed by atoms with Crippen LogP contribution in [0.15, 0.2) is 21.1 Å². The van der Waals surface area contributed by atoms with Crippen LogP contribution in [0, 0.1) is 10.1 Å². The number of thiol groups is 1. The number of nitro benzene ring substituents is 1. The van der Waals surface area contributed by atoms with Crippen LogP contribution in [0.5, 0.6) is 0 Å². The molecule has 5 nitrogen and oxygen atoms in total. The van der Waals surface area contributed by atoms with Gasteiger partial charge in [0, 0.05) is 39.3 Å². The number of hydrogen-bond acceptors (Lipinski definition) is 4. The van der Waals surface area contributed by atoms with Gasteiger partial charge in [-0.1, -0.05) is 0 Å². The molecule has 1 atom stereocenters. The van der Waals surface area contributed by atoms with Gasteiger partial charge in [-0.05, 0) is 31.9 Å². The molecular weight excluding hydrogens is 388 g/mol. The molecule has 0 bridgehead atoms. The smallest absolute Gasteiger partial charge is 0.271 e. The molecule has 0 saturated carbocycles. The highest BCUT2D eigenvalue weighted by Gasteiger charge is 2.31. The van der Waals surface area contributed by atoms with E-state index in [0.717, 1.165) is 0 Å². The van der Waals surface area contributed by atoms with Crippen LogP contribution in [0.2, 0.25) is 0 Å². The molecule has 0 aliphatic carbocycles. The second-order valence-electron chi connectivity index (χ2n) is 3.88. The van der Waals surface area contributed by atoms with Crippen LogP contribution in [0.25, 0.3) is 0 Å². The van der Waals surface area contributed by atoms with Crippen molar-refractivity contribution < 1.29 is 9.72 Å². The highest BCUT2D eigenvalue weighted by Crippen LogP contribution is 2.40. The number of nitro groups is 1. The summed E-state index contributed by atoms with van der Waals surface area (Å²) in [6.07, 6.45) is 0.374. The van der Waals surface area contributed by atoms with Crippen molar-refractivity contribution in [3.63, 3.8) is 0 Å². The highest BCUT2D eigenvalue weighted by molar-refractivity contribution is 9.11. The molecule has 1 heterocycles. The first-order valence-corrected chi connectivity index (χ1v) is 7.12. The maximum Gasteiger partial charge on any atom is 0.271 e. The molecule has 2 rings (SSSR count). The summed E-state index contributed by atoms with van der Waals surface area (Å²) in [4.78, 5) is 23.6. The Morgan fingerprint density at radius 3 is 2.33 bits per heavy atom. The minimum atomic E-state index is -0.480. The number of nitrogens with zero attached hydrogens (tertiary/aromatic N) is 2. The predicted octanol–water partition coefficient (Wildman–Crippen LogP) is 3.15. The molecule has 1 aliphatic heterocycles. The number of amides is 1. The molecule has 1 saturated heterocycles. The van der Waals surface area contributed by atoms with E-state index >= 15 is 0 Å². The third-order valence-electron chi connectivity index (χ3n) is 2.59. The Bertz CT molecular complexity index is 515. The van der Waals surface area contributed by atoms with Crippen LogP contribution in [0.1, 0.15) is 6.42 Å². The Kier molecular flexibility index (Phi) is 3.98.